The first-order valence-corrected chi connectivity index (χ1v) is 12.3. The van der Waals surface area contributed by atoms with Crippen LogP contribution in [0.1, 0.15) is 41.4 Å². The summed E-state index contributed by atoms with van der Waals surface area (Å²) < 4.78 is 3.57. The summed E-state index contributed by atoms with van der Waals surface area (Å²) >= 11 is 6.31. The normalized spacial score (nSPS) is 14.0. The van der Waals surface area contributed by atoms with Gasteiger partial charge in [-0.25, -0.2) is 4.79 Å². The molecule has 5 aromatic rings. The minimum Gasteiger partial charge on any atom is -0.478 e. The van der Waals surface area contributed by atoms with E-state index >= 15 is 0 Å². The van der Waals surface area contributed by atoms with Crippen LogP contribution >= 0.6 is 11.6 Å². The maximum Gasteiger partial charge on any atom is 0.335 e. The van der Waals surface area contributed by atoms with Crippen molar-refractivity contribution in [1.82, 2.24) is 35.0 Å². The van der Waals surface area contributed by atoms with Crippen molar-refractivity contribution in [2.45, 2.75) is 25.3 Å². The number of carbonyl (C=O) groups is 1. The van der Waals surface area contributed by atoms with Gasteiger partial charge >= 0.3 is 5.97 Å². The van der Waals surface area contributed by atoms with E-state index in [1.165, 1.54) is 12.8 Å². The molecule has 10 heteroatoms. The zero-order chi connectivity index (χ0) is 25.4. The first-order valence-electron chi connectivity index (χ1n) is 11.9. The number of halogens is 1. The Balaban J connectivity index is 1.31. The van der Waals surface area contributed by atoms with Crippen LogP contribution in [0.2, 0.25) is 5.02 Å². The van der Waals surface area contributed by atoms with Crippen molar-refractivity contribution in [1.29, 1.82) is 0 Å². The van der Waals surface area contributed by atoms with Crippen LogP contribution in [0, 0.1) is 5.92 Å². The van der Waals surface area contributed by atoms with Crippen molar-refractivity contribution in [2.24, 2.45) is 5.92 Å². The van der Waals surface area contributed by atoms with Gasteiger partial charge in [-0.2, -0.15) is 9.78 Å². The molecule has 0 saturated heterocycles. The fourth-order valence-electron chi connectivity index (χ4n) is 4.47. The van der Waals surface area contributed by atoms with Gasteiger partial charge in [-0.1, -0.05) is 42.6 Å². The minimum absolute atomic E-state index is 0.00746. The molecule has 1 saturated carbocycles. The first kappa shape index (κ1) is 23.1. The Kier molecular flexibility index (Phi) is 5.97. The van der Waals surface area contributed by atoms with Gasteiger partial charge in [0.05, 0.1) is 29.2 Å². The van der Waals surface area contributed by atoms with Gasteiger partial charge < -0.3 is 5.11 Å². The second kappa shape index (κ2) is 9.59. The lowest BCUT2D eigenvalue weighted by Gasteiger charge is -2.18. The minimum atomic E-state index is -0.941. The Morgan fingerprint density at radius 2 is 1.84 bits per heavy atom. The maximum atomic E-state index is 11.2. The third-order valence-electron chi connectivity index (χ3n) is 6.63. The van der Waals surface area contributed by atoms with E-state index in [-0.39, 0.29) is 11.6 Å². The van der Waals surface area contributed by atoms with Crippen LogP contribution in [0.3, 0.4) is 0 Å². The first-order chi connectivity index (χ1) is 18.0. The van der Waals surface area contributed by atoms with Gasteiger partial charge in [-0.05, 0) is 64.7 Å². The average Bonchev–Trinajstić information content (AvgIpc) is 3.36. The van der Waals surface area contributed by atoms with Crippen molar-refractivity contribution < 1.29 is 9.90 Å². The molecule has 184 valence electrons. The third kappa shape index (κ3) is 4.85. The van der Waals surface area contributed by atoms with Crippen LogP contribution in [0.5, 0.6) is 0 Å². The van der Waals surface area contributed by atoms with Gasteiger partial charge in [0.1, 0.15) is 6.33 Å². The Morgan fingerprint density at radius 3 is 2.51 bits per heavy atom. The largest absolute Gasteiger partial charge is 0.478 e. The second-order valence-electron chi connectivity index (χ2n) is 9.17. The van der Waals surface area contributed by atoms with E-state index in [0.717, 1.165) is 40.1 Å². The predicted octanol–water partition coefficient (Wildman–Crippen LogP) is 5.33. The second-order valence-corrected chi connectivity index (χ2v) is 9.61. The van der Waals surface area contributed by atoms with Crippen molar-refractivity contribution in [3.8, 4) is 27.9 Å². The summed E-state index contributed by atoms with van der Waals surface area (Å²) in [6, 6.07) is 16.5. The lowest BCUT2D eigenvalue weighted by Crippen LogP contribution is -2.13. The summed E-state index contributed by atoms with van der Waals surface area (Å²) in [5, 5.41) is 26.0. The number of hydrogen-bond donors (Lipinski definition) is 1. The third-order valence-corrected chi connectivity index (χ3v) is 6.87. The number of carboxylic acid groups (broad SMARTS) is 1. The van der Waals surface area contributed by atoms with Gasteiger partial charge in [0.25, 0.3) is 0 Å². The monoisotopic (exact) mass is 511 g/mol. The van der Waals surface area contributed by atoms with E-state index in [9.17, 15) is 4.79 Å². The van der Waals surface area contributed by atoms with Crippen LogP contribution in [-0.4, -0.2) is 46.0 Å². The zero-order valence-electron chi connectivity index (χ0n) is 19.6. The van der Waals surface area contributed by atoms with Crippen molar-refractivity contribution in [2.75, 3.05) is 0 Å². The Hall–Kier alpha value is -4.37. The van der Waals surface area contributed by atoms with Crippen LogP contribution in [-0.2, 0) is 0 Å². The number of tetrazole rings is 1. The highest BCUT2D eigenvalue weighted by molar-refractivity contribution is 6.31. The van der Waals surface area contributed by atoms with E-state index in [2.05, 4.69) is 20.6 Å². The summed E-state index contributed by atoms with van der Waals surface area (Å²) in [5.41, 5.74) is 5.63. The number of aromatic nitrogens is 7. The summed E-state index contributed by atoms with van der Waals surface area (Å²) in [7, 11) is 0. The molecule has 6 rings (SSSR count). The highest BCUT2D eigenvalue weighted by Gasteiger charge is 2.29. The van der Waals surface area contributed by atoms with E-state index in [4.69, 9.17) is 21.7 Å². The molecule has 3 heterocycles. The molecule has 0 bridgehead atoms. The number of nitrogens with zero attached hydrogens (tertiary/aromatic N) is 7. The molecule has 1 aliphatic rings. The van der Waals surface area contributed by atoms with Crippen molar-refractivity contribution in [3.05, 3.63) is 95.8 Å². The SMILES string of the molecule is O=C(O)c1ccc(-c2cnn(C(CC3CC3)c3ccc(-c4cc(Cl)ccc4-n4cnnn4)cn3)c2)cc1. The molecule has 1 unspecified atom stereocenters. The standard InChI is InChI=1S/C27H22ClN7O2/c28-22-8-10-25(35-16-30-32-33-35)23(12-22)20-7-9-24(29-13-20)26(11-17-1-2-17)34-15-21(14-31-34)18-3-5-19(6-4-18)27(36)37/h3-10,12-17,26H,1-2,11H2,(H,36,37). The van der Waals surface area contributed by atoms with Gasteiger partial charge in [0.2, 0.25) is 0 Å². The molecule has 0 radical (unpaired) electrons. The van der Waals surface area contributed by atoms with Crippen molar-refractivity contribution in [3.63, 3.8) is 0 Å². The van der Waals surface area contributed by atoms with E-state index in [1.54, 1.807) is 41.3 Å². The summed E-state index contributed by atoms with van der Waals surface area (Å²) in [6.45, 7) is 0. The molecule has 0 amide bonds. The summed E-state index contributed by atoms with van der Waals surface area (Å²) in [6.07, 6.45) is 10.6. The lowest BCUT2D eigenvalue weighted by atomic mass is 10.0. The quantitative estimate of drug-likeness (QED) is 0.299. The van der Waals surface area contributed by atoms with Gasteiger partial charge in [0.15, 0.2) is 0 Å². The van der Waals surface area contributed by atoms with E-state index in [1.807, 2.05) is 47.5 Å². The Labute approximate surface area is 217 Å². The number of aromatic carboxylic acids is 1. The smallest absolute Gasteiger partial charge is 0.335 e. The Morgan fingerprint density at radius 1 is 1.03 bits per heavy atom. The molecule has 1 N–H and O–H groups in total. The number of rotatable bonds is 8. The van der Waals surface area contributed by atoms with Crippen LogP contribution < -0.4 is 0 Å². The highest BCUT2D eigenvalue weighted by Crippen LogP contribution is 2.39. The fourth-order valence-corrected chi connectivity index (χ4v) is 4.64. The summed E-state index contributed by atoms with van der Waals surface area (Å²) in [4.78, 5) is 16.0. The molecule has 37 heavy (non-hydrogen) atoms. The molecule has 1 atom stereocenters. The molecular weight excluding hydrogens is 490 g/mol. The molecule has 0 aliphatic heterocycles. The average molecular weight is 512 g/mol. The van der Waals surface area contributed by atoms with E-state index in [0.29, 0.717) is 10.9 Å². The number of hydrogen-bond acceptors (Lipinski definition) is 6. The van der Waals surface area contributed by atoms with E-state index < -0.39 is 5.97 Å². The molecule has 1 aliphatic carbocycles. The van der Waals surface area contributed by atoms with Gasteiger partial charge in [0, 0.05) is 34.1 Å². The molecule has 3 aromatic heterocycles. The maximum absolute atomic E-state index is 11.2. The molecule has 1 fully saturated rings. The number of carboxylic acids is 1. The number of benzene rings is 2. The fraction of sp³-hybridized carbons (Fsp3) is 0.185. The van der Waals surface area contributed by atoms with Gasteiger partial charge in [-0.3, -0.25) is 9.67 Å². The lowest BCUT2D eigenvalue weighted by molar-refractivity contribution is 0.0697. The van der Waals surface area contributed by atoms with Crippen LogP contribution in [0.15, 0.2) is 79.5 Å². The molecule has 0 spiro atoms. The van der Waals surface area contributed by atoms with Gasteiger partial charge in [-0.15, -0.1) is 5.10 Å². The molecule has 2 aromatic carbocycles. The number of pyridine rings is 1. The van der Waals surface area contributed by atoms with Crippen LogP contribution in [0.4, 0.5) is 0 Å². The zero-order valence-corrected chi connectivity index (χ0v) is 20.4. The molecule has 9 nitrogen and oxygen atoms in total. The molecular formula is C27H22ClN7O2. The summed E-state index contributed by atoms with van der Waals surface area (Å²) in [5.74, 6) is -0.280. The highest BCUT2D eigenvalue weighted by atomic mass is 35.5. The van der Waals surface area contributed by atoms with Crippen LogP contribution in [0.25, 0.3) is 27.9 Å². The predicted molar refractivity (Wildman–Crippen MR) is 137 cm³/mol. The Bertz CT molecular complexity index is 1540. The van der Waals surface area contributed by atoms with Crippen molar-refractivity contribution >= 4 is 17.6 Å². The topological polar surface area (TPSA) is 112 Å².